The van der Waals surface area contributed by atoms with Crippen molar-refractivity contribution >= 4 is 28.6 Å². The number of aryl methyl sites for hydroxylation is 2. The fourth-order valence-electron chi connectivity index (χ4n) is 4.37. The van der Waals surface area contributed by atoms with Gasteiger partial charge in [0.05, 0.1) is 17.6 Å². The van der Waals surface area contributed by atoms with E-state index in [-0.39, 0.29) is 11.6 Å². The van der Waals surface area contributed by atoms with Gasteiger partial charge in [-0.1, -0.05) is 23.7 Å². The van der Waals surface area contributed by atoms with E-state index in [0.717, 1.165) is 48.3 Å². The largest absolute Gasteiger partial charge is 0.350 e. The molecule has 1 aromatic carbocycles. The van der Waals surface area contributed by atoms with Gasteiger partial charge in [-0.3, -0.25) is 14.3 Å². The van der Waals surface area contributed by atoms with Crippen molar-refractivity contribution in [3.05, 3.63) is 63.9 Å². The van der Waals surface area contributed by atoms with E-state index < -0.39 is 0 Å². The Kier molecular flexibility index (Phi) is 6.26. The number of halogens is 1. The molecule has 8 nitrogen and oxygen atoms in total. The zero-order valence-electron chi connectivity index (χ0n) is 19.2. The van der Waals surface area contributed by atoms with Gasteiger partial charge in [-0.05, 0) is 45.4 Å². The SMILES string of the molecule is CCn1c(=O)c(-c2ccc(-c3cncc(C)n3)cc2Cl)cc2cnc(NC3CCCNC3)nc21. The van der Waals surface area contributed by atoms with Crippen LogP contribution in [0.2, 0.25) is 5.02 Å². The molecule has 4 heterocycles. The lowest BCUT2D eigenvalue weighted by Crippen LogP contribution is -2.38. The third-order valence-corrected chi connectivity index (χ3v) is 6.40. The van der Waals surface area contributed by atoms with Crippen molar-refractivity contribution in [1.29, 1.82) is 0 Å². The summed E-state index contributed by atoms with van der Waals surface area (Å²) in [4.78, 5) is 31.4. The molecule has 4 aromatic rings. The Morgan fingerprint density at radius 3 is 2.79 bits per heavy atom. The fourth-order valence-corrected chi connectivity index (χ4v) is 4.65. The van der Waals surface area contributed by atoms with Crippen molar-refractivity contribution in [2.75, 3.05) is 18.4 Å². The van der Waals surface area contributed by atoms with Crippen LogP contribution in [-0.2, 0) is 6.54 Å². The number of fused-ring (bicyclic) bond motifs is 1. The summed E-state index contributed by atoms with van der Waals surface area (Å²) in [5.74, 6) is 0.539. The summed E-state index contributed by atoms with van der Waals surface area (Å²) in [5, 5.41) is 8.03. The molecule has 9 heteroatoms. The number of pyridine rings is 1. The van der Waals surface area contributed by atoms with Gasteiger partial charge in [0.1, 0.15) is 5.65 Å². The van der Waals surface area contributed by atoms with Crippen molar-refractivity contribution in [3.63, 3.8) is 0 Å². The Bertz CT molecular complexity index is 1410. The standard InChI is InChI=1S/C25H26ClN7O/c1-3-33-23-17(12-29-25(32-23)31-18-5-4-8-27-13-18)9-20(24(33)34)19-7-6-16(10-21(19)26)22-14-28-11-15(2)30-22/h6-7,9-12,14,18,27H,3-5,8,13H2,1-2H3,(H,29,31,32). The molecule has 0 saturated carbocycles. The van der Waals surface area contributed by atoms with Gasteiger partial charge in [0.25, 0.3) is 5.56 Å². The molecular weight excluding hydrogens is 450 g/mol. The maximum absolute atomic E-state index is 13.5. The van der Waals surface area contributed by atoms with E-state index in [1.807, 2.05) is 38.1 Å². The Hall–Kier alpha value is -3.36. The van der Waals surface area contributed by atoms with Crippen LogP contribution >= 0.6 is 11.6 Å². The summed E-state index contributed by atoms with van der Waals surface area (Å²) in [6, 6.07) is 7.69. The third-order valence-electron chi connectivity index (χ3n) is 6.08. The molecular formula is C25H26ClN7O. The molecule has 174 valence electrons. The predicted octanol–water partition coefficient (Wildman–Crippen LogP) is 4.06. The number of piperidine rings is 1. The summed E-state index contributed by atoms with van der Waals surface area (Å²) in [7, 11) is 0. The van der Waals surface area contributed by atoms with Crippen LogP contribution in [0.4, 0.5) is 5.95 Å². The minimum atomic E-state index is -0.135. The highest BCUT2D eigenvalue weighted by Crippen LogP contribution is 2.31. The lowest BCUT2D eigenvalue weighted by molar-refractivity contribution is 0.478. The number of nitrogens with one attached hydrogen (secondary N) is 2. The van der Waals surface area contributed by atoms with E-state index in [2.05, 4.69) is 30.6 Å². The van der Waals surface area contributed by atoms with Gasteiger partial charge in [0.2, 0.25) is 5.95 Å². The number of nitrogens with zero attached hydrogens (tertiary/aromatic N) is 5. The van der Waals surface area contributed by atoms with Crippen LogP contribution < -0.4 is 16.2 Å². The van der Waals surface area contributed by atoms with E-state index in [1.54, 1.807) is 23.2 Å². The molecule has 1 unspecified atom stereocenters. The highest BCUT2D eigenvalue weighted by atomic mass is 35.5. The highest BCUT2D eigenvalue weighted by molar-refractivity contribution is 6.33. The van der Waals surface area contributed by atoms with Crippen LogP contribution in [0, 0.1) is 6.92 Å². The van der Waals surface area contributed by atoms with Gasteiger partial charge in [-0.15, -0.1) is 0 Å². The Labute approximate surface area is 202 Å². The molecule has 0 bridgehead atoms. The topological polar surface area (TPSA) is 97.6 Å². The minimum absolute atomic E-state index is 0.135. The molecule has 1 fully saturated rings. The molecule has 3 aromatic heterocycles. The van der Waals surface area contributed by atoms with E-state index in [9.17, 15) is 4.79 Å². The summed E-state index contributed by atoms with van der Waals surface area (Å²) >= 11 is 6.66. The summed E-state index contributed by atoms with van der Waals surface area (Å²) in [5.41, 5.74) is 4.06. The first-order valence-electron chi connectivity index (χ1n) is 11.5. The summed E-state index contributed by atoms with van der Waals surface area (Å²) in [6.45, 7) is 6.23. The van der Waals surface area contributed by atoms with Crippen molar-refractivity contribution in [2.24, 2.45) is 0 Å². The lowest BCUT2D eigenvalue weighted by atomic mass is 10.0. The summed E-state index contributed by atoms with van der Waals surface area (Å²) < 4.78 is 1.67. The minimum Gasteiger partial charge on any atom is -0.350 e. The molecule has 2 N–H and O–H groups in total. The second-order valence-corrected chi connectivity index (χ2v) is 8.92. The molecule has 0 radical (unpaired) electrons. The van der Waals surface area contributed by atoms with E-state index >= 15 is 0 Å². The first-order valence-corrected chi connectivity index (χ1v) is 11.9. The molecule has 5 rings (SSSR count). The number of hydrogen-bond donors (Lipinski definition) is 2. The van der Waals surface area contributed by atoms with Crippen LogP contribution in [0.15, 0.2) is 47.7 Å². The van der Waals surface area contributed by atoms with Gasteiger partial charge >= 0.3 is 0 Å². The van der Waals surface area contributed by atoms with E-state index in [0.29, 0.717) is 34.3 Å². The monoisotopic (exact) mass is 475 g/mol. The number of anilines is 1. The average Bonchev–Trinajstić information content (AvgIpc) is 2.85. The fraction of sp³-hybridized carbons (Fsp3) is 0.320. The number of benzene rings is 1. The second-order valence-electron chi connectivity index (χ2n) is 8.51. The zero-order chi connectivity index (χ0) is 23.7. The van der Waals surface area contributed by atoms with Crippen LogP contribution in [-0.4, -0.2) is 43.6 Å². The summed E-state index contributed by atoms with van der Waals surface area (Å²) in [6.07, 6.45) is 7.35. The molecule has 1 aliphatic rings. The lowest BCUT2D eigenvalue weighted by Gasteiger charge is -2.23. The molecule has 1 saturated heterocycles. The molecule has 0 aliphatic carbocycles. The maximum Gasteiger partial charge on any atom is 0.260 e. The molecule has 0 amide bonds. The zero-order valence-corrected chi connectivity index (χ0v) is 19.9. The van der Waals surface area contributed by atoms with Crippen LogP contribution in [0.25, 0.3) is 33.4 Å². The first kappa shape index (κ1) is 22.4. The molecule has 0 spiro atoms. The van der Waals surface area contributed by atoms with Crippen LogP contribution in [0.3, 0.4) is 0 Å². The quantitative estimate of drug-likeness (QED) is 0.449. The third kappa shape index (κ3) is 4.38. The smallest absolute Gasteiger partial charge is 0.260 e. The Morgan fingerprint density at radius 1 is 1.18 bits per heavy atom. The predicted molar refractivity (Wildman–Crippen MR) is 135 cm³/mol. The molecule has 1 aliphatic heterocycles. The number of hydrogen-bond acceptors (Lipinski definition) is 7. The highest BCUT2D eigenvalue weighted by Gasteiger charge is 2.17. The van der Waals surface area contributed by atoms with Crippen LogP contribution in [0.1, 0.15) is 25.5 Å². The molecule has 34 heavy (non-hydrogen) atoms. The second kappa shape index (κ2) is 9.48. The number of rotatable bonds is 5. The van der Waals surface area contributed by atoms with Gasteiger partial charge in [0, 0.05) is 58.6 Å². The Morgan fingerprint density at radius 2 is 2.06 bits per heavy atom. The average molecular weight is 476 g/mol. The van der Waals surface area contributed by atoms with Crippen LogP contribution in [0.5, 0.6) is 0 Å². The van der Waals surface area contributed by atoms with Gasteiger partial charge in [-0.25, -0.2) is 9.97 Å². The van der Waals surface area contributed by atoms with Gasteiger partial charge < -0.3 is 10.6 Å². The number of aromatic nitrogens is 5. The van der Waals surface area contributed by atoms with Crippen molar-refractivity contribution in [1.82, 2.24) is 29.8 Å². The van der Waals surface area contributed by atoms with E-state index in [4.69, 9.17) is 11.6 Å². The van der Waals surface area contributed by atoms with Crippen molar-refractivity contribution in [2.45, 2.75) is 39.3 Å². The van der Waals surface area contributed by atoms with E-state index in [1.165, 1.54) is 0 Å². The van der Waals surface area contributed by atoms with Crippen molar-refractivity contribution < 1.29 is 0 Å². The van der Waals surface area contributed by atoms with Crippen molar-refractivity contribution in [3.8, 4) is 22.4 Å². The normalized spacial score (nSPS) is 16.0. The Balaban J connectivity index is 1.54. The molecule has 1 atom stereocenters. The maximum atomic E-state index is 13.5. The van der Waals surface area contributed by atoms with Gasteiger partial charge in [0.15, 0.2) is 0 Å². The first-order chi connectivity index (χ1) is 16.5. The van der Waals surface area contributed by atoms with Gasteiger partial charge in [-0.2, -0.15) is 4.98 Å².